The van der Waals surface area contributed by atoms with Crippen molar-refractivity contribution < 1.29 is 0 Å². The predicted octanol–water partition coefficient (Wildman–Crippen LogP) is -0.292. The van der Waals surface area contributed by atoms with Gasteiger partial charge in [-0.3, -0.25) is 0 Å². The zero-order chi connectivity index (χ0) is 10.4. The lowest BCUT2D eigenvalue weighted by molar-refractivity contribution is 0.668. The summed E-state index contributed by atoms with van der Waals surface area (Å²) in [7, 11) is 0. The summed E-state index contributed by atoms with van der Waals surface area (Å²) in [5, 5.41) is 0. The first-order chi connectivity index (χ1) is 6.72. The van der Waals surface area contributed by atoms with Crippen LogP contribution >= 0.6 is 0 Å². The highest BCUT2D eigenvalue weighted by Gasteiger charge is 2.00. The fourth-order valence-electron chi connectivity index (χ4n) is 1.17. The smallest absolute Gasteiger partial charge is 0.225 e. The lowest BCUT2D eigenvalue weighted by Crippen LogP contribution is -2.07. The van der Waals surface area contributed by atoms with E-state index in [1.807, 2.05) is 0 Å². The second kappa shape index (κ2) is 5.33. The largest absolute Gasteiger partial charge is 0.368 e. The lowest BCUT2D eigenvalue weighted by atomic mass is 10.2. The van der Waals surface area contributed by atoms with Gasteiger partial charge in [0.15, 0.2) is 0 Å². The number of nitrogen functional groups attached to an aromatic ring is 2. The van der Waals surface area contributed by atoms with Gasteiger partial charge in [-0.1, -0.05) is 6.42 Å². The molecular weight excluding hydrogens is 180 g/mol. The Bertz CT molecular complexity index is 267. The van der Waals surface area contributed by atoms with Gasteiger partial charge in [-0.05, 0) is 19.4 Å². The molecule has 0 aliphatic carbocycles. The molecule has 0 unspecified atom stereocenters. The van der Waals surface area contributed by atoms with E-state index in [2.05, 4.69) is 15.0 Å². The van der Waals surface area contributed by atoms with Crippen LogP contribution in [0.2, 0.25) is 0 Å². The Balaban J connectivity index is 2.42. The van der Waals surface area contributed by atoms with E-state index in [-0.39, 0.29) is 11.9 Å². The lowest BCUT2D eigenvalue weighted by Gasteiger charge is -2.01. The van der Waals surface area contributed by atoms with E-state index in [0.29, 0.717) is 5.82 Å². The maximum absolute atomic E-state index is 5.43. The number of rotatable bonds is 5. The molecule has 1 rings (SSSR count). The van der Waals surface area contributed by atoms with Crippen LogP contribution in [0, 0.1) is 0 Å². The van der Waals surface area contributed by atoms with Crippen LogP contribution < -0.4 is 17.2 Å². The van der Waals surface area contributed by atoms with E-state index in [0.717, 1.165) is 32.2 Å². The van der Waals surface area contributed by atoms with Crippen molar-refractivity contribution in [1.82, 2.24) is 15.0 Å². The first kappa shape index (κ1) is 10.6. The number of anilines is 2. The Morgan fingerprint density at radius 3 is 2.07 bits per heavy atom. The molecule has 0 aromatic carbocycles. The molecule has 0 radical (unpaired) electrons. The second-order valence-corrected chi connectivity index (χ2v) is 3.07. The molecule has 14 heavy (non-hydrogen) atoms. The molecule has 1 aromatic rings. The molecule has 0 atom stereocenters. The van der Waals surface area contributed by atoms with E-state index in [4.69, 9.17) is 17.2 Å². The normalized spacial score (nSPS) is 10.4. The van der Waals surface area contributed by atoms with Crippen molar-refractivity contribution >= 4 is 11.9 Å². The molecule has 0 amide bonds. The topological polar surface area (TPSA) is 117 Å². The van der Waals surface area contributed by atoms with Gasteiger partial charge >= 0.3 is 0 Å². The minimum Gasteiger partial charge on any atom is -0.368 e. The van der Waals surface area contributed by atoms with Crippen LogP contribution in [0.5, 0.6) is 0 Å². The minimum atomic E-state index is 0.186. The van der Waals surface area contributed by atoms with Crippen molar-refractivity contribution in [2.75, 3.05) is 18.0 Å². The molecule has 0 fully saturated rings. The summed E-state index contributed by atoms with van der Waals surface area (Å²) in [5.74, 6) is 1.03. The van der Waals surface area contributed by atoms with Crippen LogP contribution in [0.1, 0.15) is 25.1 Å². The van der Waals surface area contributed by atoms with Gasteiger partial charge in [0.05, 0.1) is 0 Å². The van der Waals surface area contributed by atoms with E-state index in [1.54, 1.807) is 0 Å². The summed E-state index contributed by atoms with van der Waals surface area (Å²) >= 11 is 0. The molecule has 0 aliphatic heterocycles. The average molecular weight is 196 g/mol. The zero-order valence-corrected chi connectivity index (χ0v) is 8.11. The Kier molecular flexibility index (Phi) is 4.06. The fraction of sp³-hybridized carbons (Fsp3) is 0.625. The third kappa shape index (κ3) is 3.53. The van der Waals surface area contributed by atoms with Crippen LogP contribution in [0.3, 0.4) is 0 Å². The Morgan fingerprint density at radius 1 is 0.857 bits per heavy atom. The second-order valence-electron chi connectivity index (χ2n) is 3.07. The van der Waals surface area contributed by atoms with Crippen molar-refractivity contribution in [1.29, 1.82) is 0 Å². The summed E-state index contributed by atoms with van der Waals surface area (Å²) < 4.78 is 0. The molecule has 6 heteroatoms. The summed E-state index contributed by atoms with van der Waals surface area (Å²) in [6.45, 7) is 0.724. The van der Waals surface area contributed by atoms with Crippen LogP contribution in [-0.2, 0) is 6.42 Å². The van der Waals surface area contributed by atoms with Gasteiger partial charge in [-0.15, -0.1) is 0 Å². The average Bonchev–Trinajstić information content (AvgIpc) is 2.11. The predicted molar refractivity (Wildman–Crippen MR) is 55.3 cm³/mol. The number of hydrogen-bond acceptors (Lipinski definition) is 6. The molecule has 0 saturated heterocycles. The van der Waals surface area contributed by atoms with Crippen molar-refractivity contribution in [3.63, 3.8) is 0 Å². The zero-order valence-electron chi connectivity index (χ0n) is 8.11. The van der Waals surface area contributed by atoms with Crippen LogP contribution in [0.4, 0.5) is 11.9 Å². The fourth-order valence-corrected chi connectivity index (χ4v) is 1.17. The minimum absolute atomic E-state index is 0.186. The van der Waals surface area contributed by atoms with Gasteiger partial charge in [0.25, 0.3) is 0 Å². The standard InChI is InChI=1S/C8H16N6/c9-5-3-1-2-4-6-12-7(10)14-8(11)13-6/h1-5,9H2,(H4,10,11,12,13,14). The Labute approximate surface area is 82.9 Å². The first-order valence-corrected chi connectivity index (χ1v) is 4.68. The highest BCUT2D eigenvalue weighted by molar-refractivity contribution is 5.25. The summed E-state index contributed by atoms with van der Waals surface area (Å²) in [6.07, 6.45) is 3.87. The van der Waals surface area contributed by atoms with Gasteiger partial charge < -0.3 is 17.2 Å². The Hall–Kier alpha value is -1.43. The summed E-state index contributed by atoms with van der Waals surface area (Å²) in [4.78, 5) is 11.6. The van der Waals surface area contributed by atoms with Crippen molar-refractivity contribution in [2.24, 2.45) is 5.73 Å². The van der Waals surface area contributed by atoms with Crippen LogP contribution in [-0.4, -0.2) is 21.5 Å². The summed E-state index contributed by atoms with van der Waals surface area (Å²) in [6, 6.07) is 0. The Morgan fingerprint density at radius 2 is 1.50 bits per heavy atom. The number of aromatic nitrogens is 3. The van der Waals surface area contributed by atoms with Gasteiger partial charge in [-0.2, -0.15) is 15.0 Å². The van der Waals surface area contributed by atoms with Crippen molar-refractivity contribution in [2.45, 2.75) is 25.7 Å². The molecule has 1 heterocycles. The van der Waals surface area contributed by atoms with Crippen molar-refractivity contribution in [3.05, 3.63) is 5.82 Å². The van der Waals surface area contributed by atoms with Crippen LogP contribution in [0.15, 0.2) is 0 Å². The van der Waals surface area contributed by atoms with E-state index in [9.17, 15) is 0 Å². The monoisotopic (exact) mass is 196 g/mol. The quantitative estimate of drug-likeness (QED) is 0.557. The highest BCUT2D eigenvalue weighted by atomic mass is 15.1. The number of hydrogen-bond donors (Lipinski definition) is 3. The van der Waals surface area contributed by atoms with Gasteiger partial charge in [0, 0.05) is 6.42 Å². The first-order valence-electron chi connectivity index (χ1n) is 4.68. The highest BCUT2D eigenvalue weighted by Crippen LogP contribution is 2.04. The maximum Gasteiger partial charge on any atom is 0.225 e. The maximum atomic E-state index is 5.43. The third-order valence-electron chi connectivity index (χ3n) is 1.82. The van der Waals surface area contributed by atoms with Crippen molar-refractivity contribution in [3.8, 4) is 0 Å². The molecule has 78 valence electrons. The molecule has 6 N–H and O–H groups in total. The van der Waals surface area contributed by atoms with E-state index >= 15 is 0 Å². The van der Waals surface area contributed by atoms with E-state index < -0.39 is 0 Å². The molecule has 1 aromatic heterocycles. The molecule has 0 spiro atoms. The number of nitrogens with zero attached hydrogens (tertiary/aromatic N) is 3. The SMILES string of the molecule is NCCCCCc1nc(N)nc(N)n1. The number of aryl methyl sites for hydroxylation is 1. The summed E-state index contributed by atoms with van der Waals surface area (Å²) in [5.41, 5.74) is 16.2. The third-order valence-corrected chi connectivity index (χ3v) is 1.82. The van der Waals surface area contributed by atoms with Gasteiger partial charge in [0.1, 0.15) is 5.82 Å². The number of nitrogens with two attached hydrogens (primary N) is 3. The molecule has 0 saturated carbocycles. The molecular formula is C8H16N6. The number of unbranched alkanes of at least 4 members (excludes halogenated alkanes) is 2. The van der Waals surface area contributed by atoms with Gasteiger partial charge in [0.2, 0.25) is 11.9 Å². The van der Waals surface area contributed by atoms with E-state index in [1.165, 1.54) is 0 Å². The van der Waals surface area contributed by atoms with Crippen LogP contribution in [0.25, 0.3) is 0 Å². The molecule has 0 bridgehead atoms. The molecule has 0 aliphatic rings. The molecule has 6 nitrogen and oxygen atoms in total. The van der Waals surface area contributed by atoms with Gasteiger partial charge in [-0.25, -0.2) is 0 Å².